The van der Waals surface area contributed by atoms with Gasteiger partial charge in [-0.3, -0.25) is 14.5 Å². The molecule has 1 spiro atoms. The predicted molar refractivity (Wildman–Crippen MR) is 124 cm³/mol. The highest BCUT2D eigenvalue weighted by Gasteiger charge is 2.53. The van der Waals surface area contributed by atoms with E-state index in [4.69, 9.17) is 0 Å². The number of halogens is 1. The van der Waals surface area contributed by atoms with Crippen LogP contribution in [0.1, 0.15) is 77.8 Å². The largest absolute Gasteiger partial charge is 0.348 e. The number of carbonyl (C=O) groups excluding carboxylic acids is 3. The maximum Gasteiger partial charge on any atom is 0.325 e. The van der Waals surface area contributed by atoms with Gasteiger partial charge in [0.2, 0.25) is 5.91 Å². The SMILES string of the molecule is CCC(NC(=O)CN1C(=O)NC2(CCC(C(C)(C)CC)CC2)C1=O)c1ccc(Br)cc1. The molecule has 1 aliphatic heterocycles. The topological polar surface area (TPSA) is 78.5 Å². The lowest BCUT2D eigenvalue weighted by atomic mass is 9.65. The van der Waals surface area contributed by atoms with Crippen molar-refractivity contribution in [1.82, 2.24) is 15.5 Å². The van der Waals surface area contributed by atoms with E-state index in [0.29, 0.717) is 25.2 Å². The minimum atomic E-state index is -0.840. The number of rotatable bonds is 7. The van der Waals surface area contributed by atoms with Crippen LogP contribution in [0.5, 0.6) is 0 Å². The van der Waals surface area contributed by atoms with Crippen molar-refractivity contribution in [3.8, 4) is 0 Å². The predicted octanol–water partition coefficient (Wildman–Crippen LogP) is 4.93. The Morgan fingerprint density at radius 2 is 1.84 bits per heavy atom. The fourth-order valence-corrected chi connectivity index (χ4v) is 5.10. The summed E-state index contributed by atoms with van der Waals surface area (Å²) in [6.07, 6.45) is 4.91. The van der Waals surface area contributed by atoms with Gasteiger partial charge in [0.25, 0.3) is 5.91 Å². The summed E-state index contributed by atoms with van der Waals surface area (Å²) in [5, 5.41) is 5.89. The third-order valence-electron chi connectivity index (χ3n) is 7.42. The molecule has 2 N–H and O–H groups in total. The summed E-state index contributed by atoms with van der Waals surface area (Å²) in [4.78, 5) is 39.6. The molecule has 0 bridgehead atoms. The monoisotopic (exact) mass is 491 g/mol. The van der Waals surface area contributed by atoms with E-state index in [-0.39, 0.29) is 29.8 Å². The third kappa shape index (κ3) is 4.97. The van der Waals surface area contributed by atoms with E-state index in [1.165, 1.54) is 0 Å². The van der Waals surface area contributed by atoms with E-state index in [9.17, 15) is 14.4 Å². The maximum absolute atomic E-state index is 13.2. The number of benzene rings is 1. The summed E-state index contributed by atoms with van der Waals surface area (Å²) in [7, 11) is 0. The maximum atomic E-state index is 13.2. The molecule has 1 atom stereocenters. The van der Waals surface area contributed by atoms with Crippen LogP contribution in [0.25, 0.3) is 0 Å². The molecule has 31 heavy (non-hydrogen) atoms. The molecule has 4 amide bonds. The van der Waals surface area contributed by atoms with Crippen molar-refractivity contribution >= 4 is 33.8 Å². The first-order valence-corrected chi connectivity index (χ1v) is 12.1. The molecule has 7 heteroatoms. The Kier molecular flexibility index (Phi) is 7.14. The first kappa shape index (κ1) is 23.8. The lowest BCUT2D eigenvalue weighted by Gasteiger charge is -2.42. The van der Waals surface area contributed by atoms with Gasteiger partial charge in [-0.15, -0.1) is 0 Å². The lowest BCUT2D eigenvalue weighted by molar-refractivity contribution is -0.136. The van der Waals surface area contributed by atoms with Crippen LogP contribution in [0.3, 0.4) is 0 Å². The molecule has 1 heterocycles. The average Bonchev–Trinajstić information content (AvgIpc) is 2.97. The summed E-state index contributed by atoms with van der Waals surface area (Å²) in [5.74, 6) is -0.0328. The number of nitrogens with zero attached hydrogens (tertiary/aromatic N) is 1. The van der Waals surface area contributed by atoms with Crippen LogP contribution in [-0.2, 0) is 9.59 Å². The molecule has 2 aliphatic rings. The number of urea groups is 1. The first-order chi connectivity index (χ1) is 14.6. The molecule has 1 saturated heterocycles. The van der Waals surface area contributed by atoms with E-state index < -0.39 is 11.6 Å². The van der Waals surface area contributed by atoms with Crippen molar-refractivity contribution in [2.75, 3.05) is 6.54 Å². The molecule has 1 aromatic carbocycles. The van der Waals surface area contributed by atoms with Crippen LogP contribution in [0.4, 0.5) is 4.79 Å². The number of nitrogens with one attached hydrogen (secondary N) is 2. The van der Waals surface area contributed by atoms with Crippen LogP contribution in [-0.4, -0.2) is 34.8 Å². The second kappa shape index (κ2) is 9.31. The van der Waals surface area contributed by atoms with Gasteiger partial charge in [-0.05, 0) is 61.1 Å². The standard InChI is InChI=1S/C24H34BrN3O3/c1-5-19(16-7-9-18(25)10-8-16)26-20(29)15-28-21(30)24(27-22(28)31)13-11-17(12-14-24)23(3,4)6-2/h7-10,17,19H,5-6,11-15H2,1-4H3,(H,26,29)(H,27,31). The number of hydrogen-bond acceptors (Lipinski definition) is 3. The lowest BCUT2D eigenvalue weighted by Crippen LogP contribution is -2.51. The van der Waals surface area contributed by atoms with E-state index in [1.54, 1.807) is 0 Å². The second-order valence-corrected chi connectivity index (χ2v) is 10.5. The zero-order valence-electron chi connectivity index (χ0n) is 19.0. The van der Waals surface area contributed by atoms with Gasteiger partial charge in [0.15, 0.2) is 0 Å². The number of amides is 4. The first-order valence-electron chi connectivity index (χ1n) is 11.3. The van der Waals surface area contributed by atoms with Crippen LogP contribution >= 0.6 is 15.9 Å². The summed E-state index contributed by atoms with van der Waals surface area (Å²) in [6.45, 7) is 8.49. The van der Waals surface area contributed by atoms with Crippen molar-refractivity contribution in [2.45, 2.75) is 77.8 Å². The van der Waals surface area contributed by atoms with Gasteiger partial charge in [-0.25, -0.2) is 4.79 Å². The normalized spacial score (nSPS) is 24.9. The highest BCUT2D eigenvalue weighted by atomic mass is 79.9. The Labute approximate surface area is 193 Å². The molecule has 6 nitrogen and oxygen atoms in total. The Morgan fingerprint density at radius 1 is 1.23 bits per heavy atom. The highest BCUT2D eigenvalue weighted by Crippen LogP contribution is 2.45. The van der Waals surface area contributed by atoms with Gasteiger partial charge in [0.1, 0.15) is 12.1 Å². The molecule has 3 rings (SSSR count). The quantitative estimate of drug-likeness (QED) is 0.530. The van der Waals surface area contributed by atoms with Gasteiger partial charge in [-0.2, -0.15) is 0 Å². The fourth-order valence-electron chi connectivity index (χ4n) is 4.84. The van der Waals surface area contributed by atoms with Gasteiger partial charge < -0.3 is 10.6 Å². The molecule has 0 aromatic heterocycles. The Morgan fingerprint density at radius 3 is 2.39 bits per heavy atom. The molecule has 2 fully saturated rings. The zero-order valence-corrected chi connectivity index (χ0v) is 20.5. The van der Waals surface area contributed by atoms with E-state index in [0.717, 1.165) is 34.2 Å². The highest BCUT2D eigenvalue weighted by molar-refractivity contribution is 9.10. The van der Waals surface area contributed by atoms with E-state index in [2.05, 4.69) is 47.3 Å². The van der Waals surface area contributed by atoms with Gasteiger partial charge in [0, 0.05) is 4.47 Å². The van der Waals surface area contributed by atoms with Gasteiger partial charge >= 0.3 is 6.03 Å². The van der Waals surface area contributed by atoms with E-state index >= 15 is 0 Å². The number of hydrogen-bond donors (Lipinski definition) is 2. The second-order valence-electron chi connectivity index (χ2n) is 9.60. The molecule has 1 aromatic rings. The minimum absolute atomic E-state index is 0.165. The molecule has 1 aliphatic carbocycles. The summed E-state index contributed by atoms with van der Waals surface area (Å²) in [5.41, 5.74) is 0.382. The zero-order chi connectivity index (χ0) is 22.8. The molecule has 1 saturated carbocycles. The Bertz CT molecular complexity index is 829. The van der Waals surface area contributed by atoms with Crippen LogP contribution in [0, 0.1) is 11.3 Å². The molecular weight excluding hydrogens is 458 g/mol. The third-order valence-corrected chi connectivity index (χ3v) is 7.95. The molecule has 0 radical (unpaired) electrons. The molecular formula is C24H34BrN3O3. The summed E-state index contributed by atoms with van der Waals surface area (Å²) in [6, 6.07) is 7.16. The number of carbonyl (C=O) groups is 3. The van der Waals surface area contributed by atoms with E-state index in [1.807, 2.05) is 31.2 Å². The van der Waals surface area contributed by atoms with Gasteiger partial charge in [-0.1, -0.05) is 62.2 Å². The average molecular weight is 492 g/mol. The van der Waals surface area contributed by atoms with Crippen molar-refractivity contribution in [3.05, 3.63) is 34.3 Å². The van der Waals surface area contributed by atoms with Crippen molar-refractivity contribution in [1.29, 1.82) is 0 Å². The van der Waals surface area contributed by atoms with Crippen molar-refractivity contribution < 1.29 is 14.4 Å². The fraction of sp³-hybridized carbons (Fsp3) is 0.625. The van der Waals surface area contributed by atoms with Crippen LogP contribution in [0.2, 0.25) is 0 Å². The van der Waals surface area contributed by atoms with Crippen molar-refractivity contribution in [2.24, 2.45) is 11.3 Å². The Hall–Kier alpha value is -1.89. The minimum Gasteiger partial charge on any atom is -0.348 e. The smallest absolute Gasteiger partial charge is 0.325 e. The summed E-state index contributed by atoms with van der Waals surface area (Å²) >= 11 is 3.42. The van der Waals surface area contributed by atoms with Crippen molar-refractivity contribution in [3.63, 3.8) is 0 Å². The van der Waals surface area contributed by atoms with Crippen LogP contribution in [0.15, 0.2) is 28.7 Å². The van der Waals surface area contributed by atoms with Crippen LogP contribution < -0.4 is 10.6 Å². The number of imide groups is 1. The summed E-state index contributed by atoms with van der Waals surface area (Å²) < 4.78 is 0.971. The molecule has 1 unspecified atom stereocenters. The molecule has 170 valence electrons. The van der Waals surface area contributed by atoms with Gasteiger partial charge in [0.05, 0.1) is 6.04 Å². The Balaban J connectivity index is 1.62.